The first-order valence-electron chi connectivity index (χ1n) is 2.94. The van der Waals surface area contributed by atoms with Gasteiger partial charge in [-0.1, -0.05) is 0 Å². The van der Waals surface area contributed by atoms with Crippen molar-refractivity contribution in [3.63, 3.8) is 0 Å². The summed E-state index contributed by atoms with van der Waals surface area (Å²) in [5, 5.41) is 0. The molecule has 0 aromatic heterocycles. The van der Waals surface area contributed by atoms with Gasteiger partial charge in [0.05, 0.1) is 11.4 Å². The van der Waals surface area contributed by atoms with Crippen LogP contribution in [0.2, 0.25) is 0 Å². The van der Waals surface area contributed by atoms with Gasteiger partial charge in [0.15, 0.2) is 0 Å². The van der Waals surface area contributed by atoms with Crippen molar-refractivity contribution in [3.8, 4) is 0 Å². The molecule has 96 valence electrons. The molecule has 4 nitrogen and oxygen atoms in total. The highest BCUT2D eigenvalue weighted by Gasteiger charge is 2.63. The van der Waals surface area contributed by atoms with Gasteiger partial charge in [-0.2, -0.15) is 30.7 Å². The van der Waals surface area contributed by atoms with Gasteiger partial charge in [-0.15, -0.1) is 0 Å². The van der Waals surface area contributed by atoms with Crippen LogP contribution in [0, 0.1) is 0 Å². The van der Waals surface area contributed by atoms with Crippen molar-refractivity contribution in [3.05, 3.63) is 12.1 Å². The average Bonchev–Trinajstić information content (AvgIpc) is 1.99. The van der Waals surface area contributed by atoms with Crippen molar-refractivity contribution in [2.75, 3.05) is 0 Å². The van der Waals surface area contributed by atoms with Crippen molar-refractivity contribution >= 4 is 11.4 Å². The van der Waals surface area contributed by atoms with Crippen LogP contribution in [0.25, 0.3) is 0 Å². The highest BCUT2D eigenvalue weighted by atomic mass is 32.2. The molecule has 0 fully saturated rings. The predicted molar refractivity (Wildman–Crippen MR) is 31.3 cm³/mol. The molecule has 0 heterocycles. The minimum Gasteiger partial charge on any atom is -0.750 e. The summed E-state index contributed by atoms with van der Waals surface area (Å²) in [6.45, 7) is 0. The van der Waals surface area contributed by atoms with Crippen molar-refractivity contribution in [2.45, 2.75) is 12.2 Å². The van der Waals surface area contributed by atoms with E-state index in [4.69, 9.17) is 0 Å². The van der Waals surface area contributed by atoms with Gasteiger partial charge < -0.3 is 9.29 Å². The van der Waals surface area contributed by atoms with Crippen LogP contribution in [-0.2, 0) is 20.3 Å². The summed E-state index contributed by atoms with van der Waals surface area (Å²) in [5.74, 6) is 0. The van der Waals surface area contributed by atoms with E-state index in [2.05, 4.69) is 8.92 Å². The Hall–Kier alpha value is -0.880. The number of hydrogen-bond acceptors (Lipinski definition) is 4. The average molecular weight is 277 g/mol. The van der Waals surface area contributed by atoms with Crippen molar-refractivity contribution in [1.82, 2.24) is 0 Å². The lowest BCUT2D eigenvalue weighted by atomic mass is 10.6. The second kappa shape index (κ2) is 4.97. The molecule has 0 amide bonds. The molecule has 0 aromatic carbocycles. The number of alkyl halides is 4. The molecule has 0 saturated carbocycles. The summed E-state index contributed by atoms with van der Waals surface area (Å²) < 4.78 is 107. The lowest BCUT2D eigenvalue weighted by molar-refractivity contribution is -0.400. The van der Waals surface area contributed by atoms with Crippen LogP contribution in [0.4, 0.5) is 30.7 Å². The minimum absolute atomic E-state index is 2.25. The van der Waals surface area contributed by atoms with Crippen molar-refractivity contribution in [2.24, 2.45) is 0 Å². The maximum absolute atomic E-state index is 12.2. The Morgan fingerprint density at radius 3 is 1.81 bits per heavy atom. The lowest BCUT2D eigenvalue weighted by Gasteiger charge is -2.24. The van der Waals surface area contributed by atoms with E-state index >= 15 is 0 Å². The molecule has 0 saturated heterocycles. The smallest absolute Gasteiger partial charge is 0.496 e. The summed E-state index contributed by atoms with van der Waals surface area (Å²) in [7, 11) is 0. The summed E-state index contributed by atoms with van der Waals surface area (Å²) in [6, 6.07) is -3.29. The highest BCUT2D eigenvalue weighted by Crippen LogP contribution is 2.39. The molecule has 0 radical (unpaired) electrons. The maximum atomic E-state index is 12.2. The van der Waals surface area contributed by atoms with Gasteiger partial charge in [0.25, 0.3) is 0 Å². The second-order valence-corrected chi connectivity index (χ2v) is 2.53. The molecule has 1 atom stereocenters. The van der Waals surface area contributed by atoms with Crippen molar-refractivity contribution < 1.29 is 48.4 Å². The summed E-state index contributed by atoms with van der Waals surface area (Å²) in [5.41, 5.74) is 0. The van der Waals surface area contributed by atoms with E-state index in [0.29, 0.717) is 0 Å². The number of halogens is 7. The van der Waals surface area contributed by atoms with E-state index in [9.17, 15) is 39.5 Å². The summed E-state index contributed by atoms with van der Waals surface area (Å²) in [6.07, 6.45) is -15.2. The van der Waals surface area contributed by atoms with Crippen LogP contribution >= 0.6 is 0 Å². The minimum atomic E-state index is -5.93. The van der Waals surface area contributed by atoms with Gasteiger partial charge in [0.2, 0.25) is 0 Å². The molecule has 0 spiro atoms. The fourth-order valence-electron chi connectivity index (χ4n) is 0.344. The van der Waals surface area contributed by atoms with E-state index in [1.807, 2.05) is 0 Å². The first-order valence-corrected chi connectivity index (χ1v) is 3.94. The van der Waals surface area contributed by atoms with Crippen LogP contribution in [-0.4, -0.2) is 21.0 Å². The number of rotatable bonds is 5. The number of ether oxygens (including phenoxy) is 1. The van der Waals surface area contributed by atoms with Gasteiger partial charge >= 0.3 is 24.3 Å². The van der Waals surface area contributed by atoms with Gasteiger partial charge in [-0.3, -0.25) is 0 Å². The Morgan fingerprint density at radius 1 is 1.06 bits per heavy atom. The van der Waals surface area contributed by atoms with Gasteiger partial charge in [-0.25, -0.2) is 8.39 Å². The zero-order valence-electron chi connectivity index (χ0n) is 6.69. The van der Waals surface area contributed by atoms with E-state index in [-0.39, 0.29) is 0 Å². The monoisotopic (exact) mass is 277 g/mol. The van der Waals surface area contributed by atoms with Crippen LogP contribution < -0.4 is 0 Å². The molecule has 1 unspecified atom stereocenters. The van der Waals surface area contributed by atoms with E-state index < -0.39 is 35.7 Å². The van der Waals surface area contributed by atoms with Crippen LogP contribution in [0.15, 0.2) is 12.1 Å². The van der Waals surface area contributed by atoms with Gasteiger partial charge in [-0.05, 0) is 0 Å². The van der Waals surface area contributed by atoms with Gasteiger partial charge in [0.1, 0.15) is 0 Å². The molecule has 16 heavy (non-hydrogen) atoms. The fraction of sp³-hybridized carbons (Fsp3) is 0.500. The molecule has 0 N–H and O–H groups in total. The lowest BCUT2D eigenvalue weighted by Crippen LogP contribution is -2.45. The van der Waals surface area contributed by atoms with E-state index in [1.165, 1.54) is 0 Å². The normalized spacial score (nSPS) is 14.5. The molecule has 0 aliphatic carbocycles. The molecular formula is C4F7O4S-. The Morgan fingerprint density at radius 2 is 1.50 bits per heavy atom. The first kappa shape index (κ1) is 15.1. The predicted octanol–water partition coefficient (Wildman–Crippen LogP) is 2.03. The SMILES string of the molecule is O=S([O-])OC(F)(F)C(F)(F)OC(F)=C(F)F. The van der Waals surface area contributed by atoms with E-state index in [0.717, 1.165) is 0 Å². The summed E-state index contributed by atoms with van der Waals surface area (Å²) >= 11 is -4.09. The van der Waals surface area contributed by atoms with Crippen molar-refractivity contribution in [1.29, 1.82) is 0 Å². The molecule has 0 rings (SSSR count). The largest absolute Gasteiger partial charge is 0.750 e. The molecular weight excluding hydrogens is 277 g/mol. The highest BCUT2D eigenvalue weighted by molar-refractivity contribution is 7.74. The Labute approximate surface area is 85.1 Å². The molecule has 0 aliphatic rings. The maximum Gasteiger partial charge on any atom is 0.496 e. The molecule has 0 aromatic rings. The molecule has 0 aliphatic heterocycles. The fourth-order valence-corrected chi connectivity index (χ4v) is 0.612. The third kappa shape index (κ3) is 3.94. The van der Waals surface area contributed by atoms with Crippen LogP contribution in [0.5, 0.6) is 0 Å². The standard InChI is InChI=1S/C4HF7O4S/c5-1(6)2(7)14-3(8,9)4(10,11)15-16(12)13/h(H,12,13)/p-1. The zero-order valence-corrected chi connectivity index (χ0v) is 7.50. The zero-order chi connectivity index (χ0) is 13.1. The Kier molecular flexibility index (Phi) is 4.69. The molecule has 0 bridgehead atoms. The number of hydrogen-bond donors (Lipinski definition) is 0. The topological polar surface area (TPSA) is 58.6 Å². The Balaban J connectivity index is 4.90. The molecule has 12 heteroatoms. The quantitative estimate of drug-likeness (QED) is 0.438. The first-order chi connectivity index (χ1) is 6.99. The summed E-state index contributed by atoms with van der Waals surface area (Å²) in [4.78, 5) is 0. The van der Waals surface area contributed by atoms with Crippen LogP contribution in [0.1, 0.15) is 0 Å². The third-order valence-electron chi connectivity index (χ3n) is 0.878. The Bertz CT molecular complexity index is 312. The second-order valence-electron chi connectivity index (χ2n) is 1.96. The third-order valence-corrected chi connectivity index (χ3v) is 1.22. The van der Waals surface area contributed by atoms with E-state index in [1.54, 1.807) is 0 Å². The van der Waals surface area contributed by atoms with Crippen LogP contribution in [0.3, 0.4) is 0 Å². The van der Waals surface area contributed by atoms with Gasteiger partial charge in [0, 0.05) is 0 Å².